The molecule has 4 aromatic carbocycles. The van der Waals surface area contributed by atoms with Crippen molar-refractivity contribution in [1.29, 1.82) is 0 Å². The first-order chi connectivity index (χ1) is 20.3. The summed E-state index contributed by atoms with van der Waals surface area (Å²) in [6.45, 7) is 0.862. The Morgan fingerprint density at radius 3 is 2.33 bits per heavy atom. The number of anilines is 1. The molecule has 1 unspecified atom stereocenters. The van der Waals surface area contributed by atoms with Crippen LogP contribution in [-0.2, 0) is 19.2 Å². The van der Waals surface area contributed by atoms with E-state index in [-0.39, 0.29) is 12.2 Å². The number of nitrogens with zero attached hydrogens (tertiary/aromatic N) is 2. The third-order valence-corrected chi connectivity index (χ3v) is 6.85. The zero-order chi connectivity index (χ0) is 29.6. The van der Waals surface area contributed by atoms with E-state index in [1.807, 2.05) is 60.7 Å². The van der Waals surface area contributed by atoms with Crippen molar-refractivity contribution in [3.8, 4) is 0 Å². The molecular formula is C33H28N4O5. The molecule has 3 amide bonds. The lowest BCUT2D eigenvalue weighted by Gasteiger charge is -2.25. The fourth-order valence-corrected chi connectivity index (χ4v) is 4.89. The Kier molecular flexibility index (Phi) is 8.29. The summed E-state index contributed by atoms with van der Waals surface area (Å²) in [5.41, 5.74) is 2.53. The second-order valence-corrected chi connectivity index (χ2v) is 9.94. The van der Waals surface area contributed by atoms with Crippen LogP contribution in [0, 0.1) is 0 Å². The molecule has 42 heavy (non-hydrogen) atoms. The van der Waals surface area contributed by atoms with Crippen molar-refractivity contribution >= 4 is 52.0 Å². The van der Waals surface area contributed by atoms with E-state index in [9.17, 15) is 24.0 Å². The van der Waals surface area contributed by atoms with Crippen molar-refractivity contribution in [3.05, 3.63) is 114 Å². The van der Waals surface area contributed by atoms with Crippen LogP contribution in [0.4, 0.5) is 5.69 Å². The summed E-state index contributed by atoms with van der Waals surface area (Å²) in [6.07, 6.45) is -1.04. The number of nitrogens with one attached hydrogen (secondary N) is 2. The van der Waals surface area contributed by atoms with Gasteiger partial charge in [-0.05, 0) is 35.9 Å². The van der Waals surface area contributed by atoms with Crippen molar-refractivity contribution in [1.82, 2.24) is 10.6 Å². The molecule has 9 nitrogen and oxygen atoms in total. The highest BCUT2D eigenvalue weighted by Gasteiger charge is 2.34. The molecule has 0 spiro atoms. The number of Topliss-reactive ketones (excluding diaryl/α,β-unsaturated/α-hetero) is 1. The summed E-state index contributed by atoms with van der Waals surface area (Å²) < 4.78 is 0. The highest BCUT2D eigenvalue weighted by molar-refractivity contribution is 6.21. The number of amides is 3. The molecule has 2 N–H and O–H groups in total. The maximum atomic E-state index is 14.0. The molecule has 0 fully saturated rings. The lowest BCUT2D eigenvalue weighted by molar-refractivity contribution is -0.126. The zero-order valence-electron chi connectivity index (χ0n) is 22.8. The maximum absolute atomic E-state index is 14.0. The van der Waals surface area contributed by atoms with E-state index in [4.69, 9.17) is 4.99 Å². The topological polar surface area (TPSA) is 125 Å². The predicted octanol–water partition coefficient (Wildman–Crippen LogP) is 3.44. The lowest BCUT2D eigenvalue weighted by atomic mass is 10.0. The number of carbonyl (C=O) groups excluding carboxylic acids is 5. The first kappa shape index (κ1) is 28.1. The minimum Gasteiger partial charge on any atom is -0.345 e. The quantitative estimate of drug-likeness (QED) is 0.304. The third-order valence-electron chi connectivity index (χ3n) is 6.85. The van der Waals surface area contributed by atoms with Crippen LogP contribution in [0.15, 0.2) is 102 Å². The van der Waals surface area contributed by atoms with Gasteiger partial charge in [0.15, 0.2) is 0 Å². The number of para-hydroxylation sites is 1. The first-order valence-electron chi connectivity index (χ1n) is 13.4. The van der Waals surface area contributed by atoms with E-state index in [1.54, 1.807) is 36.4 Å². The van der Waals surface area contributed by atoms with Gasteiger partial charge in [0.25, 0.3) is 11.8 Å². The van der Waals surface area contributed by atoms with E-state index >= 15 is 0 Å². The van der Waals surface area contributed by atoms with Gasteiger partial charge in [-0.2, -0.15) is 0 Å². The van der Waals surface area contributed by atoms with Crippen molar-refractivity contribution < 1.29 is 24.0 Å². The van der Waals surface area contributed by atoms with E-state index in [1.165, 1.54) is 11.8 Å². The normalized spacial score (nSPS) is 15.2. The summed E-state index contributed by atoms with van der Waals surface area (Å²) in [5.74, 6) is -2.04. The fraction of sp³-hybridized carbons (Fsp3) is 0.152. The number of hydrogen-bond acceptors (Lipinski definition) is 6. The average Bonchev–Trinajstić information content (AvgIpc) is 3.11. The highest BCUT2D eigenvalue weighted by atomic mass is 16.2. The summed E-state index contributed by atoms with van der Waals surface area (Å²) in [4.78, 5) is 69.5. The number of benzodiazepines with no additional fused rings is 1. The van der Waals surface area contributed by atoms with Crippen LogP contribution in [0.2, 0.25) is 0 Å². The van der Waals surface area contributed by atoms with Crippen molar-refractivity contribution in [2.75, 3.05) is 11.4 Å². The molecule has 210 valence electrons. The Morgan fingerprint density at radius 2 is 1.60 bits per heavy atom. The van der Waals surface area contributed by atoms with Gasteiger partial charge in [-0.15, -0.1) is 0 Å². The van der Waals surface area contributed by atoms with Crippen LogP contribution in [0.1, 0.15) is 34.8 Å². The van der Waals surface area contributed by atoms with Gasteiger partial charge in [-0.1, -0.05) is 78.9 Å². The van der Waals surface area contributed by atoms with E-state index in [2.05, 4.69) is 10.6 Å². The van der Waals surface area contributed by atoms with Crippen LogP contribution in [0.25, 0.3) is 10.8 Å². The number of ketones is 1. The molecule has 1 heterocycles. The SMILES string of the molecule is CC(=O)C[C@@H](C=O)NC(=O)CN1C(=O)C(NC(=O)c2ccc3ccccc3c2)N=C(c2ccccc2)c2ccccc21. The largest absolute Gasteiger partial charge is 0.345 e. The maximum Gasteiger partial charge on any atom is 0.272 e. The molecule has 1 aliphatic rings. The number of aldehydes is 1. The molecule has 0 saturated carbocycles. The van der Waals surface area contributed by atoms with Gasteiger partial charge in [0, 0.05) is 23.1 Å². The third kappa shape index (κ3) is 6.15. The summed E-state index contributed by atoms with van der Waals surface area (Å²) in [7, 11) is 0. The molecule has 2 atom stereocenters. The monoisotopic (exact) mass is 560 g/mol. The molecule has 0 saturated heterocycles. The minimum atomic E-state index is -1.36. The molecule has 0 bridgehead atoms. The van der Waals surface area contributed by atoms with Crippen molar-refractivity contribution in [2.24, 2.45) is 4.99 Å². The van der Waals surface area contributed by atoms with E-state index in [0.717, 1.165) is 16.3 Å². The number of aliphatic imine (C=N–C) groups is 1. The second kappa shape index (κ2) is 12.4. The first-order valence-corrected chi connectivity index (χ1v) is 13.4. The van der Waals surface area contributed by atoms with Crippen LogP contribution in [0.3, 0.4) is 0 Å². The Bertz CT molecular complexity index is 1720. The fourth-order valence-electron chi connectivity index (χ4n) is 4.89. The lowest BCUT2D eigenvalue weighted by Crippen LogP contribution is -2.51. The van der Waals surface area contributed by atoms with Crippen molar-refractivity contribution in [2.45, 2.75) is 25.6 Å². The Labute approximate surface area is 242 Å². The number of hydrogen-bond donors (Lipinski definition) is 2. The second-order valence-electron chi connectivity index (χ2n) is 9.94. The molecule has 0 aliphatic carbocycles. The Morgan fingerprint density at radius 1 is 0.905 bits per heavy atom. The van der Waals surface area contributed by atoms with Crippen LogP contribution in [-0.4, -0.2) is 54.3 Å². The van der Waals surface area contributed by atoms with Gasteiger partial charge in [0.2, 0.25) is 12.1 Å². The van der Waals surface area contributed by atoms with Crippen LogP contribution in [0.5, 0.6) is 0 Å². The number of fused-ring (bicyclic) bond motifs is 2. The van der Waals surface area contributed by atoms with Gasteiger partial charge in [-0.25, -0.2) is 4.99 Å². The Hall–Kier alpha value is -5.44. The molecule has 4 aromatic rings. The number of rotatable bonds is 9. The smallest absolute Gasteiger partial charge is 0.272 e. The minimum absolute atomic E-state index is 0.161. The average molecular weight is 561 g/mol. The van der Waals surface area contributed by atoms with Gasteiger partial charge in [0.05, 0.1) is 17.4 Å². The highest BCUT2D eigenvalue weighted by Crippen LogP contribution is 2.28. The predicted molar refractivity (Wildman–Crippen MR) is 159 cm³/mol. The molecule has 0 aromatic heterocycles. The summed E-state index contributed by atoms with van der Waals surface area (Å²) >= 11 is 0. The number of carbonyl (C=O) groups is 5. The molecule has 1 aliphatic heterocycles. The van der Waals surface area contributed by atoms with Crippen LogP contribution < -0.4 is 15.5 Å². The van der Waals surface area contributed by atoms with Gasteiger partial charge in [0.1, 0.15) is 18.6 Å². The number of benzene rings is 4. The van der Waals surface area contributed by atoms with Crippen LogP contribution >= 0.6 is 0 Å². The standard InChI is InChI=1S/C33H28N4O5/c1-21(39)17-26(20-38)34-29(40)19-37-28-14-8-7-13-27(28)30(23-10-3-2-4-11-23)35-31(33(37)42)36-32(41)25-16-15-22-9-5-6-12-24(22)18-25/h2-16,18,20,26,31H,17,19H2,1H3,(H,34,40)(H,36,41)/t26-,31?/m0/s1. The summed E-state index contributed by atoms with van der Waals surface area (Å²) in [6, 6.07) is 28.1. The van der Waals surface area contributed by atoms with Gasteiger partial charge >= 0.3 is 0 Å². The van der Waals surface area contributed by atoms with Gasteiger partial charge < -0.3 is 15.4 Å². The van der Waals surface area contributed by atoms with Crippen molar-refractivity contribution in [3.63, 3.8) is 0 Å². The van der Waals surface area contributed by atoms with E-state index in [0.29, 0.717) is 28.8 Å². The molecular weight excluding hydrogens is 532 g/mol. The molecule has 5 rings (SSSR count). The van der Waals surface area contributed by atoms with E-state index < -0.39 is 36.5 Å². The summed E-state index contributed by atoms with van der Waals surface area (Å²) in [5, 5.41) is 7.10. The molecule has 9 heteroatoms. The Balaban J connectivity index is 1.52. The van der Waals surface area contributed by atoms with Gasteiger partial charge in [-0.3, -0.25) is 24.1 Å². The molecule has 0 radical (unpaired) electrons. The zero-order valence-corrected chi connectivity index (χ0v) is 22.8.